The Morgan fingerprint density at radius 2 is 2.41 bits per heavy atom. The summed E-state index contributed by atoms with van der Waals surface area (Å²) in [7, 11) is 0. The summed E-state index contributed by atoms with van der Waals surface area (Å²) in [6.45, 7) is 2.91. The predicted molar refractivity (Wildman–Crippen MR) is 63.0 cm³/mol. The number of pyridine rings is 1. The smallest absolute Gasteiger partial charge is 0.242 e. The van der Waals surface area contributed by atoms with Gasteiger partial charge in [0, 0.05) is 0 Å². The number of nitrogens with zero attached hydrogens (tertiary/aromatic N) is 1. The highest BCUT2D eigenvalue weighted by molar-refractivity contribution is 5.94. The lowest BCUT2D eigenvalue weighted by Crippen LogP contribution is -2.48. The third-order valence-corrected chi connectivity index (χ3v) is 3.03. The summed E-state index contributed by atoms with van der Waals surface area (Å²) >= 11 is 0. The maximum absolute atomic E-state index is 12.7. The second-order valence-electron chi connectivity index (χ2n) is 4.40. The fraction of sp³-hybridized carbons (Fsp3) is 0.500. The molecule has 2 N–H and O–H groups in total. The molecule has 1 amide bonds. The van der Waals surface area contributed by atoms with Gasteiger partial charge in [-0.05, 0) is 37.4 Å². The second-order valence-corrected chi connectivity index (χ2v) is 4.40. The first-order valence-electron chi connectivity index (χ1n) is 5.82. The van der Waals surface area contributed by atoms with Gasteiger partial charge in [-0.2, -0.15) is 0 Å². The maximum Gasteiger partial charge on any atom is 0.242 e. The number of rotatable bonds is 2. The van der Waals surface area contributed by atoms with Crippen molar-refractivity contribution in [1.82, 2.24) is 10.3 Å². The van der Waals surface area contributed by atoms with E-state index < -0.39 is 5.82 Å². The Morgan fingerprint density at radius 1 is 1.59 bits per heavy atom. The molecule has 2 atom stereocenters. The normalized spacial score (nSPS) is 24.4. The molecule has 2 unspecified atom stereocenters. The molecule has 0 spiro atoms. The number of nitrogens with one attached hydrogen (secondary N) is 2. The monoisotopic (exact) mass is 237 g/mol. The van der Waals surface area contributed by atoms with Gasteiger partial charge in [0.25, 0.3) is 0 Å². The van der Waals surface area contributed by atoms with Crippen LogP contribution >= 0.6 is 0 Å². The average Bonchev–Trinajstić information content (AvgIpc) is 2.32. The van der Waals surface area contributed by atoms with Crippen molar-refractivity contribution in [2.24, 2.45) is 5.92 Å². The highest BCUT2D eigenvalue weighted by Crippen LogP contribution is 2.16. The molecule has 1 aliphatic rings. The Kier molecular flexibility index (Phi) is 3.68. The fourth-order valence-electron chi connectivity index (χ4n) is 2.05. The van der Waals surface area contributed by atoms with Crippen LogP contribution in [0.25, 0.3) is 0 Å². The molecule has 1 fully saturated rings. The summed E-state index contributed by atoms with van der Waals surface area (Å²) in [5.74, 6) is 0.184. The Balaban J connectivity index is 1.98. The van der Waals surface area contributed by atoms with Crippen LogP contribution in [0.2, 0.25) is 0 Å². The number of halogens is 1. The molecule has 0 bridgehead atoms. The second kappa shape index (κ2) is 5.23. The van der Waals surface area contributed by atoms with E-state index in [4.69, 9.17) is 0 Å². The van der Waals surface area contributed by atoms with Gasteiger partial charge in [0.1, 0.15) is 11.6 Å². The summed E-state index contributed by atoms with van der Waals surface area (Å²) < 4.78 is 12.7. The van der Waals surface area contributed by atoms with Crippen LogP contribution in [0, 0.1) is 11.7 Å². The number of amides is 1. The van der Waals surface area contributed by atoms with E-state index in [1.54, 1.807) is 0 Å². The summed E-state index contributed by atoms with van der Waals surface area (Å²) in [5, 5.41) is 5.88. The Labute approximate surface area is 99.6 Å². The molecule has 0 aromatic carbocycles. The standard InChI is InChI=1S/C12H16FN3O/c1-8-3-2-6-14-11(8)12(17)16-10-5-4-9(13)7-15-10/h4-5,7-8,11,14H,2-3,6H2,1H3,(H,15,16,17). The van der Waals surface area contributed by atoms with Crippen molar-refractivity contribution in [2.45, 2.75) is 25.8 Å². The molecule has 4 nitrogen and oxygen atoms in total. The van der Waals surface area contributed by atoms with Crippen LogP contribution in [0.4, 0.5) is 10.2 Å². The third-order valence-electron chi connectivity index (χ3n) is 3.03. The van der Waals surface area contributed by atoms with Crippen molar-refractivity contribution < 1.29 is 9.18 Å². The molecule has 5 heteroatoms. The van der Waals surface area contributed by atoms with E-state index in [-0.39, 0.29) is 11.9 Å². The van der Waals surface area contributed by atoms with Crippen LogP contribution in [-0.4, -0.2) is 23.5 Å². The number of aromatic nitrogens is 1. The van der Waals surface area contributed by atoms with E-state index in [2.05, 4.69) is 22.5 Å². The summed E-state index contributed by atoms with van der Waals surface area (Å²) in [6.07, 6.45) is 3.23. The molecule has 2 heterocycles. The van der Waals surface area contributed by atoms with Gasteiger partial charge in [0.05, 0.1) is 12.2 Å². The van der Waals surface area contributed by atoms with Crippen molar-refractivity contribution in [3.05, 3.63) is 24.1 Å². The van der Waals surface area contributed by atoms with Gasteiger partial charge in [-0.15, -0.1) is 0 Å². The summed E-state index contributed by atoms with van der Waals surface area (Å²) in [6, 6.07) is 2.55. The van der Waals surface area contributed by atoms with Crippen molar-refractivity contribution >= 4 is 11.7 Å². The molecule has 1 aromatic rings. The van der Waals surface area contributed by atoms with Crippen LogP contribution < -0.4 is 10.6 Å². The van der Waals surface area contributed by atoms with Gasteiger partial charge in [0.2, 0.25) is 5.91 Å². The highest BCUT2D eigenvalue weighted by Gasteiger charge is 2.27. The highest BCUT2D eigenvalue weighted by atomic mass is 19.1. The first-order valence-corrected chi connectivity index (χ1v) is 5.82. The number of hydrogen-bond donors (Lipinski definition) is 2. The summed E-state index contributed by atoms with van der Waals surface area (Å²) in [4.78, 5) is 15.8. The van der Waals surface area contributed by atoms with E-state index in [1.807, 2.05) is 0 Å². The lowest BCUT2D eigenvalue weighted by molar-refractivity contribution is -0.119. The zero-order valence-corrected chi connectivity index (χ0v) is 9.74. The lowest BCUT2D eigenvalue weighted by atomic mass is 9.92. The van der Waals surface area contributed by atoms with Crippen molar-refractivity contribution in [2.75, 3.05) is 11.9 Å². The zero-order valence-electron chi connectivity index (χ0n) is 9.74. The number of piperidine rings is 1. The summed E-state index contributed by atoms with van der Waals surface area (Å²) in [5.41, 5.74) is 0. The van der Waals surface area contributed by atoms with Crippen LogP contribution in [-0.2, 0) is 4.79 Å². The van der Waals surface area contributed by atoms with Gasteiger partial charge in [-0.3, -0.25) is 4.79 Å². The predicted octanol–water partition coefficient (Wildman–Crippen LogP) is 1.55. The van der Waals surface area contributed by atoms with Crippen molar-refractivity contribution in [3.8, 4) is 0 Å². The molecule has 17 heavy (non-hydrogen) atoms. The number of anilines is 1. The van der Waals surface area contributed by atoms with E-state index in [0.717, 1.165) is 25.6 Å². The quantitative estimate of drug-likeness (QED) is 0.820. The molecule has 1 saturated heterocycles. The van der Waals surface area contributed by atoms with Gasteiger partial charge >= 0.3 is 0 Å². The molecular weight excluding hydrogens is 221 g/mol. The minimum atomic E-state index is -0.410. The van der Waals surface area contributed by atoms with E-state index in [1.165, 1.54) is 12.1 Å². The molecule has 92 valence electrons. The third kappa shape index (κ3) is 3.00. The van der Waals surface area contributed by atoms with Crippen molar-refractivity contribution in [1.29, 1.82) is 0 Å². The van der Waals surface area contributed by atoms with Crippen LogP contribution in [0.15, 0.2) is 18.3 Å². The molecule has 0 radical (unpaired) electrons. The Hall–Kier alpha value is -1.49. The van der Waals surface area contributed by atoms with Gasteiger partial charge in [-0.25, -0.2) is 9.37 Å². The first-order chi connectivity index (χ1) is 8.16. The molecule has 2 rings (SSSR count). The minimum absolute atomic E-state index is 0.101. The zero-order chi connectivity index (χ0) is 12.3. The Morgan fingerprint density at radius 3 is 3.06 bits per heavy atom. The van der Waals surface area contributed by atoms with Crippen LogP contribution in [0.3, 0.4) is 0 Å². The number of carbonyl (C=O) groups excluding carboxylic acids is 1. The molecule has 1 aliphatic heterocycles. The van der Waals surface area contributed by atoms with Crippen LogP contribution in [0.1, 0.15) is 19.8 Å². The van der Waals surface area contributed by atoms with Gasteiger partial charge in [-0.1, -0.05) is 6.92 Å². The Bertz CT molecular complexity index is 393. The largest absolute Gasteiger partial charge is 0.309 e. The van der Waals surface area contributed by atoms with Gasteiger partial charge in [0.15, 0.2) is 0 Å². The topological polar surface area (TPSA) is 54.0 Å². The van der Waals surface area contributed by atoms with Gasteiger partial charge < -0.3 is 10.6 Å². The average molecular weight is 237 g/mol. The fourth-order valence-corrected chi connectivity index (χ4v) is 2.05. The molecule has 0 aliphatic carbocycles. The number of carbonyl (C=O) groups is 1. The number of hydrogen-bond acceptors (Lipinski definition) is 3. The molecule has 0 saturated carbocycles. The van der Waals surface area contributed by atoms with E-state index in [9.17, 15) is 9.18 Å². The van der Waals surface area contributed by atoms with Crippen molar-refractivity contribution in [3.63, 3.8) is 0 Å². The first kappa shape index (κ1) is 12.0. The van der Waals surface area contributed by atoms with E-state index in [0.29, 0.717) is 11.7 Å². The lowest BCUT2D eigenvalue weighted by Gasteiger charge is -2.28. The van der Waals surface area contributed by atoms with E-state index >= 15 is 0 Å². The van der Waals surface area contributed by atoms with Crippen LogP contribution in [0.5, 0.6) is 0 Å². The molecule has 1 aromatic heterocycles. The minimum Gasteiger partial charge on any atom is -0.309 e. The molecular formula is C12H16FN3O. The SMILES string of the molecule is CC1CCCNC1C(=O)Nc1ccc(F)cn1. The maximum atomic E-state index is 12.7.